The van der Waals surface area contributed by atoms with Crippen molar-refractivity contribution in [3.8, 4) is 51.0 Å². The van der Waals surface area contributed by atoms with Crippen molar-refractivity contribution in [2.24, 2.45) is 0 Å². The topological polar surface area (TPSA) is 56.7 Å². The van der Waals surface area contributed by atoms with Crippen molar-refractivity contribution >= 4 is 177 Å². The average molecular weight is 799 g/mol. The highest BCUT2D eigenvalue weighted by Gasteiger charge is 2.36. The first kappa shape index (κ1) is 39.6. The van der Waals surface area contributed by atoms with Gasteiger partial charge in [-0.05, 0) is 64.7 Å². The minimum absolute atomic E-state index is 0.104. The van der Waals surface area contributed by atoms with E-state index >= 15 is 0 Å². The van der Waals surface area contributed by atoms with Crippen molar-refractivity contribution in [2.45, 2.75) is 19.3 Å². The molecule has 290 valence electrons. The summed E-state index contributed by atoms with van der Waals surface area (Å²) in [6.07, 6.45) is 0. The van der Waals surface area contributed by atoms with Crippen molar-refractivity contribution < 1.29 is 4.42 Å². The van der Waals surface area contributed by atoms with E-state index in [9.17, 15) is 0 Å². The third-order valence-electron chi connectivity index (χ3n) is 15.4. The zero-order valence-electron chi connectivity index (χ0n) is 38.4. The monoisotopic (exact) mass is 800 g/mol. The molecule has 10 aromatic rings. The molecular formula is C48H42B10N4O. The van der Waals surface area contributed by atoms with E-state index in [4.69, 9.17) is 19.4 Å². The largest absolute Gasteiger partial charge is 0.456 e. The number of benzene rings is 7. The second kappa shape index (κ2) is 13.9. The first-order chi connectivity index (χ1) is 30.1. The summed E-state index contributed by atoms with van der Waals surface area (Å²) in [6.45, 7) is 4.70. The van der Waals surface area contributed by atoms with Gasteiger partial charge in [0.2, 0.25) is 0 Å². The van der Waals surface area contributed by atoms with Gasteiger partial charge >= 0.3 is 0 Å². The van der Waals surface area contributed by atoms with Gasteiger partial charge in [0.15, 0.2) is 17.5 Å². The van der Waals surface area contributed by atoms with E-state index in [1.54, 1.807) is 0 Å². The number of hydrogen-bond donors (Lipinski definition) is 0. The van der Waals surface area contributed by atoms with E-state index in [-0.39, 0.29) is 5.41 Å². The molecule has 0 atom stereocenters. The van der Waals surface area contributed by atoms with Gasteiger partial charge in [-0.25, -0.2) is 15.0 Å². The fraction of sp³-hybridized carbons (Fsp3) is 0.0625. The van der Waals surface area contributed by atoms with Crippen LogP contribution >= 0.6 is 0 Å². The Kier molecular flexibility index (Phi) is 8.74. The molecule has 3 aromatic heterocycles. The zero-order chi connectivity index (χ0) is 44.0. The third-order valence-corrected chi connectivity index (χ3v) is 15.4. The minimum atomic E-state index is -0.104. The normalized spacial score (nSPS) is 13.0. The summed E-state index contributed by atoms with van der Waals surface area (Å²) in [6, 6.07) is 35.6. The maximum atomic E-state index is 6.84. The Bertz CT molecular complexity index is 3540. The quantitative estimate of drug-likeness (QED) is 0.167. The lowest BCUT2D eigenvalue weighted by Crippen LogP contribution is -2.55. The van der Waals surface area contributed by atoms with Crippen molar-refractivity contribution in [3.05, 3.63) is 108 Å². The van der Waals surface area contributed by atoms with Gasteiger partial charge in [0.1, 0.15) is 89.6 Å². The molecule has 11 rings (SSSR count). The van der Waals surface area contributed by atoms with Gasteiger partial charge in [0.25, 0.3) is 0 Å². The lowest BCUT2D eigenvalue weighted by Gasteiger charge is -2.22. The summed E-state index contributed by atoms with van der Waals surface area (Å²) in [5, 5.41) is 4.63. The number of para-hydroxylation sites is 1. The van der Waals surface area contributed by atoms with Crippen LogP contribution in [0.2, 0.25) is 0 Å². The Morgan fingerprint density at radius 3 is 1.59 bits per heavy atom. The highest BCUT2D eigenvalue weighted by atomic mass is 16.3. The fourth-order valence-electron chi connectivity index (χ4n) is 10.9. The van der Waals surface area contributed by atoms with E-state index in [0.29, 0.717) is 17.5 Å². The standard InChI is InChI=1S/C48H42B10N4O/c1-48(2)27-9-5-3-7-21(27)25-17-26-22-8-4-6-10-29(22)62(30(26)18-28(25)48)20-12-14-24-23-13-11-19(15-31(23)63-32(24)16-20)45-59-46(33-35(49)39(53)43(57)40(54)36(33)50)61-47(60-45)34-37(51)41(55)44(58)42(56)38(34)52/h3-18H,49-58H2,1-2H3. The number of furan rings is 1. The van der Waals surface area contributed by atoms with Crippen LogP contribution in [0.5, 0.6) is 0 Å². The van der Waals surface area contributed by atoms with Gasteiger partial charge < -0.3 is 8.98 Å². The van der Waals surface area contributed by atoms with Crippen LogP contribution in [0, 0.1) is 0 Å². The zero-order valence-corrected chi connectivity index (χ0v) is 38.4. The van der Waals surface area contributed by atoms with Crippen LogP contribution < -0.4 is 54.6 Å². The van der Waals surface area contributed by atoms with Crippen LogP contribution in [0.3, 0.4) is 0 Å². The third kappa shape index (κ3) is 5.60. The molecule has 7 aromatic carbocycles. The lowest BCUT2D eigenvalue weighted by atomic mass is 9.60. The molecule has 15 heteroatoms. The number of rotatable bonds is 4. The van der Waals surface area contributed by atoms with Crippen LogP contribution in [0.25, 0.3) is 94.7 Å². The second-order valence-electron chi connectivity index (χ2n) is 18.7. The Morgan fingerprint density at radius 2 is 0.952 bits per heavy atom. The van der Waals surface area contributed by atoms with Crippen LogP contribution in [-0.4, -0.2) is 98.0 Å². The van der Waals surface area contributed by atoms with Gasteiger partial charge in [0, 0.05) is 55.4 Å². The molecule has 1 aliphatic rings. The molecule has 0 N–H and O–H groups in total. The second-order valence-corrected chi connectivity index (χ2v) is 18.7. The van der Waals surface area contributed by atoms with Gasteiger partial charge in [-0.1, -0.05) is 84.2 Å². The molecule has 0 saturated heterocycles. The Labute approximate surface area is 377 Å². The van der Waals surface area contributed by atoms with Crippen LogP contribution in [-0.2, 0) is 5.41 Å². The molecule has 0 unspecified atom stereocenters. The van der Waals surface area contributed by atoms with Crippen LogP contribution in [0.1, 0.15) is 25.0 Å². The maximum absolute atomic E-state index is 6.84. The Morgan fingerprint density at radius 1 is 0.429 bits per heavy atom. The van der Waals surface area contributed by atoms with E-state index in [1.165, 1.54) is 98.7 Å². The van der Waals surface area contributed by atoms with Crippen molar-refractivity contribution in [3.63, 3.8) is 0 Å². The average Bonchev–Trinajstić information content (AvgIpc) is 3.89. The van der Waals surface area contributed by atoms with Gasteiger partial charge in [-0.2, -0.15) is 0 Å². The summed E-state index contributed by atoms with van der Waals surface area (Å²) in [5.41, 5.74) is 25.9. The molecule has 0 spiro atoms. The summed E-state index contributed by atoms with van der Waals surface area (Å²) >= 11 is 0. The highest BCUT2D eigenvalue weighted by molar-refractivity contribution is 6.70. The molecular weight excluding hydrogens is 757 g/mol. The molecule has 0 radical (unpaired) electrons. The molecule has 1 aliphatic carbocycles. The van der Waals surface area contributed by atoms with E-state index < -0.39 is 0 Å². The molecule has 3 heterocycles. The molecule has 0 bridgehead atoms. The number of nitrogens with zero attached hydrogens (tertiary/aromatic N) is 4. The van der Waals surface area contributed by atoms with Crippen molar-refractivity contribution in [1.29, 1.82) is 0 Å². The molecule has 0 amide bonds. The number of hydrogen-bond acceptors (Lipinski definition) is 4. The lowest BCUT2D eigenvalue weighted by molar-refractivity contribution is 0.661. The van der Waals surface area contributed by atoms with E-state index in [0.717, 1.165) is 44.3 Å². The van der Waals surface area contributed by atoms with Crippen molar-refractivity contribution in [2.75, 3.05) is 0 Å². The van der Waals surface area contributed by atoms with Gasteiger partial charge in [0.05, 0.1) is 11.0 Å². The Balaban J connectivity index is 1.09. The molecule has 0 aliphatic heterocycles. The summed E-state index contributed by atoms with van der Waals surface area (Å²) < 4.78 is 9.25. The van der Waals surface area contributed by atoms with Crippen molar-refractivity contribution in [1.82, 2.24) is 19.5 Å². The summed E-state index contributed by atoms with van der Waals surface area (Å²) in [4.78, 5) is 15.9. The fourth-order valence-corrected chi connectivity index (χ4v) is 10.9. The predicted octanol–water partition coefficient (Wildman–Crippen LogP) is -5.24. The number of fused-ring (bicyclic) bond motifs is 9. The van der Waals surface area contributed by atoms with Crippen LogP contribution in [0.4, 0.5) is 0 Å². The van der Waals surface area contributed by atoms with Gasteiger partial charge in [-0.15, -0.1) is 32.8 Å². The van der Waals surface area contributed by atoms with Gasteiger partial charge in [-0.3, -0.25) is 0 Å². The van der Waals surface area contributed by atoms with E-state index in [1.807, 2.05) is 0 Å². The Hall–Kier alpha value is -6.20. The smallest absolute Gasteiger partial charge is 0.164 e. The first-order valence-corrected chi connectivity index (χ1v) is 22.2. The predicted molar refractivity (Wildman–Crippen MR) is 297 cm³/mol. The summed E-state index contributed by atoms with van der Waals surface area (Å²) in [7, 11) is 22.0. The number of aromatic nitrogens is 4. The molecule has 0 saturated carbocycles. The summed E-state index contributed by atoms with van der Waals surface area (Å²) in [5.74, 6) is 2.03. The minimum Gasteiger partial charge on any atom is -0.456 e. The molecule has 0 fully saturated rings. The highest BCUT2D eigenvalue weighted by Crippen LogP contribution is 2.51. The maximum Gasteiger partial charge on any atom is 0.164 e. The molecule has 63 heavy (non-hydrogen) atoms. The van der Waals surface area contributed by atoms with Crippen LogP contribution in [0.15, 0.2) is 101 Å². The SMILES string of the molecule is Bc1c(B)c(B)c(-c2nc(-c3ccc4c(c3)oc3cc(-n5c6ccccc6c6cc7c(cc65)C(C)(C)c5ccccc5-7)ccc34)nc(-c3c(B)c(B)c(B)c(B)c3B)n2)c(B)c1B. The van der Waals surface area contributed by atoms with E-state index in [2.05, 4.69) is 194 Å². The first-order valence-electron chi connectivity index (χ1n) is 22.2. The molecule has 5 nitrogen and oxygen atoms in total.